The molecule has 5 rings (SSSR count). The molecule has 0 spiro atoms. The van der Waals surface area contributed by atoms with Crippen molar-refractivity contribution in [2.75, 3.05) is 24.7 Å². The van der Waals surface area contributed by atoms with Crippen molar-refractivity contribution in [3.05, 3.63) is 35.1 Å². The summed E-state index contributed by atoms with van der Waals surface area (Å²) in [5.74, 6) is 0.560. The number of halogens is 1. The Morgan fingerprint density at radius 2 is 1.88 bits per heavy atom. The fourth-order valence-corrected chi connectivity index (χ4v) is 5.07. The standard InChI is InChI=1S/C20H23ClN2O2/c21-19-16-8-9-23(17-3-1-2-14(12-22-19)18(16)17)15-6-4-13(5-7-15)20-24-10-11-25-20/h1-3,12-13,15,20H,4-11H2. The molecule has 2 fully saturated rings. The summed E-state index contributed by atoms with van der Waals surface area (Å²) >= 11 is 6.38. The number of nitrogens with zero attached hydrogens (tertiary/aromatic N) is 2. The molecule has 4 nitrogen and oxygen atoms in total. The number of benzene rings is 1. The van der Waals surface area contributed by atoms with E-state index in [0.717, 1.165) is 26.2 Å². The minimum Gasteiger partial charge on any atom is -0.368 e. The van der Waals surface area contributed by atoms with Crippen molar-refractivity contribution in [1.29, 1.82) is 0 Å². The van der Waals surface area contributed by atoms with Crippen LogP contribution in [0.25, 0.3) is 10.8 Å². The van der Waals surface area contributed by atoms with Gasteiger partial charge in [-0.2, -0.15) is 0 Å². The van der Waals surface area contributed by atoms with Gasteiger partial charge >= 0.3 is 0 Å². The maximum Gasteiger partial charge on any atom is 0.160 e. The lowest BCUT2D eigenvalue weighted by Gasteiger charge is -2.41. The smallest absolute Gasteiger partial charge is 0.160 e. The molecule has 1 aliphatic carbocycles. The highest BCUT2D eigenvalue weighted by Gasteiger charge is 2.34. The number of rotatable bonds is 2. The Balaban J connectivity index is 1.40. The van der Waals surface area contributed by atoms with Crippen LogP contribution in [0.2, 0.25) is 5.15 Å². The number of ether oxygens (including phenoxy) is 2. The average molecular weight is 359 g/mol. The van der Waals surface area contributed by atoms with Crippen molar-refractivity contribution in [2.45, 2.75) is 44.4 Å². The van der Waals surface area contributed by atoms with E-state index in [1.165, 1.54) is 47.7 Å². The van der Waals surface area contributed by atoms with Crippen LogP contribution >= 0.6 is 11.6 Å². The van der Waals surface area contributed by atoms with Crippen molar-refractivity contribution in [2.24, 2.45) is 5.92 Å². The summed E-state index contributed by atoms with van der Waals surface area (Å²) in [5, 5.41) is 3.17. The number of anilines is 1. The minimum absolute atomic E-state index is 0.0383. The normalized spacial score (nSPS) is 27.2. The largest absolute Gasteiger partial charge is 0.368 e. The van der Waals surface area contributed by atoms with Gasteiger partial charge in [0.2, 0.25) is 0 Å². The Morgan fingerprint density at radius 3 is 2.68 bits per heavy atom. The van der Waals surface area contributed by atoms with Crippen LogP contribution in [0.5, 0.6) is 0 Å². The first-order chi connectivity index (χ1) is 12.3. The van der Waals surface area contributed by atoms with Gasteiger partial charge in [0.1, 0.15) is 5.15 Å². The van der Waals surface area contributed by atoms with Crippen LogP contribution in [-0.4, -0.2) is 37.1 Å². The molecule has 1 saturated carbocycles. The summed E-state index contributed by atoms with van der Waals surface area (Å²) in [7, 11) is 0. The van der Waals surface area contributed by atoms with Gasteiger partial charge in [-0.15, -0.1) is 0 Å². The monoisotopic (exact) mass is 358 g/mol. The molecule has 1 aromatic carbocycles. The van der Waals surface area contributed by atoms with Crippen LogP contribution < -0.4 is 4.90 Å². The Bertz CT molecular complexity index is 783. The molecule has 3 aliphatic rings. The summed E-state index contributed by atoms with van der Waals surface area (Å²) in [6.45, 7) is 2.54. The zero-order valence-electron chi connectivity index (χ0n) is 14.3. The lowest BCUT2D eigenvalue weighted by atomic mass is 9.83. The second-order valence-electron chi connectivity index (χ2n) is 7.39. The molecular weight excluding hydrogens is 336 g/mol. The fraction of sp³-hybridized carbons (Fsp3) is 0.550. The molecule has 0 N–H and O–H groups in total. The SMILES string of the molecule is Clc1ncc2cccc3c2c1CCN3C1CCC(C2OCCO2)CC1. The molecule has 2 aliphatic heterocycles. The van der Waals surface area contributed by atoms with Gasteiger partial charge in [0.15, 0.2) is 6.29 Å². The van der Waals surface area contributed by atoms with E-state index in [4.69, 9.17) is 21.1 Å². The first-order valence-electron chi connectivity index (χ1n) is 9.37. The second kappa shape index (κ2) is 6.42. The zero-order chi connectivity index (χ0) is 16.8. The Kier molecular flexibility index (Phi) is 4.07. The summed E-state index contributed by atoms with van der Waals surface area (Å²) < 4.78 is 11.4. The van der Waals surface area contributed by atoms with E-state index >= 15 is 0 Å². The van der Waals surface area contributed by atoms with Gasteiger partial charge in [-0.3, -0.25) is 0 Å². The van der Waals surface area contributed by atoms with E-state index in [2.05, 4.69) is 28.1 Å². The van der Waals surface area contributed by atoms with Crippen molar-refractivity contribution in [3.8, 4) is 0 Å². The van der Waals surface area contributed by atoms with E-state index in [1.807, 2.05) is 6.20 Å². The van der Waals surface area contributed by atoms with E-state index < -0.39 is 0 Å². The highest BCUT2D eigenvalue weighted by Crippen LogP contribution is 2.41. The number of aromatic nitrogens is 1. The molecule has 0 unspecified atom stereocenters. The molecule has 0 atom stereocenters. The predicted molar refractivity (Wildman–Crippen MR) is 99.2 cm³/mol. The Morgan fingerprint density at radius 1 is 1.08 bits per heavy atom. The maximum atomic E-state index is 6.38. The molecule has 2 aromatic rings. The first-order valence-corrected chi connectivity index (χ1v) is 9.75. The van der Waals surface area contributed by atoms with Gasteiger partial charge in [-0.05, 0) is 38.2 Å². The van der Waals surface area contributed by atoms with Crippen LogP contribution in [0.15, 0.2) is 24.4 Å². The lowest BCUT2D eigenvalue weighted by Crippen LogP contribution is -2.42. The fourth-order valence-electron chi connectivity index (χ4n) is 4.83. The quantitative estimate of drug-likeness (QED) is 0.754. The zero-order valence-corrected chi connectivity index (χ0v) is 15.0. The summed E-state index contributed by atoms with van der Waals surface area (Å²) in [4.78, 5) is 6.97. The van der Waals surface area contributed by atoms with Crippen molar-refractivity contribution >= 4 is 28.1 Å². The van der Waals surface area contributed by atoms with E-state index in [1.54, 1.807) is 0 Å². The van der Waals surface area contributed by atoms with Gasteiger partial charge in [0.05, 0.1) is 13.2 Å². The third-order valence-electron chi connectivity index (χ3n) is 6.07. The molecule has 1 saturated heterocycles. The lowest BCUT2D eigenvalue weighted by molar-refractivity contribution is -0.0930. The number of pyridine rings is 1. The summed E-state index contributed by atoms with van der Waals surface area (Å²) in [6.07, 6.45) is 7.71. The van der Waals surface area contributed by atoms with Gasteiger partial charge < -0.3 is 14.4 Å². The van der Waals surface area contributed by atoms with Crippen molar-refractivity contribution in [1.82, 2.24) is 4.98 Å². The Hall–Kier alpha value is -1.36. The average Bonchev–Trinajstić information content (AvgIpc) is 3.20. The Labute approximate surface area is 153 Å². The molecular formula is C20H23ClN2O2. The topological polar surface area (TPSA) is 34.6 Å². The second-order valence-corrected chi connectivity index (χ2v) is 7.75. The summed E-state index contributed by atoms with van der Waals surface area (Å²) in [5.41, 5.74) is 2.55. The van der Waals surface area contributed by atoms with Gasteiger partial charge in [-0.1, -0.05) is 23.7 Å². The predicted octanol–water partition coefficient (Wildman–Crippen LogP) is 4.18. The van der Waals surface area contributed by atoms with Crippen molar-refractivity contribution in [3.63, 3.8) is 0 Å². The molecule has 0 amide bonds. The van der Waals surface area contributed by atoms with E-state index in [-0.39, 0.29) is 6.29 Å². The van der Waals surface area contributed by atoms with Crippen molar-refractivity contribution < 1.29 is 9.47 Å². The van der Waals surface area contributed by atoms with Gasteiger partial charge in [-0.25, -0.2) is 4.98 Å². The number of hydrogen-bond acceptors (Lipinski definition) is 4. The van der Waals surface area contributed by atoms with Crippen LogP contribution in [0.3, 0.4) is 0 Å². The van der Waals surface area contributed by atoms with Gasteiger partial charge in [0, 0.05) is 46.7 Å². The molecule has 0 radical (unpaired) electrons. The third kappa shape index (κ3) is 2.71. The summed E-state index contributed by atoms with van der Waals surface area (Å²) in [6, 6.07) is 7.13. The van der Waals surface area contributed by atoms with E-state index in [9.17, 15) is 0 Å². The highest BCUT2D eigenvalue weighted by atomic mass is 35.5. The molecule has 3 heterocycles. The molecule has 0 bridgehead atoms. The minimum atomic E-state index is 0.0383. The number of hydrogen-bond donors (Lipinski definition) is 0. The molecule has 5 heteroatoms. The first kappa shape index (κ1) is 15.9. The van der Waals surface area contributed by atoms with E-state index in [0.29, 0.717) is 17.1 Å². The molecule has 25 heavy (non-hydrogen) atoms. The third-order valence-corrected chi connectivity index (χ3v) is 6.39. The van der Waals surface area contributed by atoms with Crippen LogP contribution in [0.4, 0.5) is 5.69 Å². The van der Waals surface area contributed by atoms with Gasteiger partial charge in [0.25, 0.3) is 0 Å². The highest BCUT2D eigenvalue weighted by molar-refractivity contribution is 6.31. The van der Waals surface area contributed by atoms with Crippen LogP contribution in [0, 0.1) is 5.92 Å². The van der Waals surface area contributed by atoms with Crippen LogP contribution in [0.1, 0.15) is 31.2 Å². The molecule has 132 valence electrons. The van der Waals surface area contributed by atoms with Crippen LogP contribution in [-0.2, 0) is 15.9 Å². The maximum absolute atomic E-state index is 6.38. The molecule has 1 aromatic heterocycles.